The molecule has 0 unspecified atom stereocenters. The lowest BCUT2D eigenvalue weighted by molar-refractivity contribution is -0.124. The number of alkyl carbamates (subject to hydrolysis) is 1. The normalized spacial score (nSPS) is 13.3. The summed E-state index contributed by atoms with van der Waals surface area (Å²) in [5.74, 6) is -0.561. The van der Waals surface area contributed by atoms with E-state index in [0.717, 1.165) is 27.8 Å². The van der Waals surface area contributed by atoms with Crippen molar-refractivity contribution in [2.24, 2.45) is 0 Å². The van der Waals surface area contributed by atoms with E-state index < -0.39 is 28.2 Å². The zero-order valence-electron chi connectivity index (χ0n) is 21.2. The first-order valence-electron chi connectivity index (χ1n) is 12.2. The van der Waals surface area contributed by atoms with Crippen LogP contribution < -0.4 is 10.6 Å². The molecule has 0 heterocycles. The van der Waals surface area contributed by atoms with Gasteiger partial charge in [-0.1, -0.05) is 66.2 Å². The molecule has 0 fully saturated rings. The van der Waals surface area contributed by atoms with E-state index in [1.54, 1.807) is 12.1 Å². The zero-order valence-corrected chi connectivity index (χ0v) is 22.0. The van der Waals surface area contributed by atoms with Gasteiger partial charge in [0, 0.05) is 5.92 Å². The Labute approximate surface area is 222 Å². The van der Waals surface area contributed by atoms with E-state index in [1.165, 1.54) is 19.1 Å². The summed E-state index contributed by atoms with van der Waals surface area (Å²) in [5, 5.41) is 5.02. The fraction of sp³-hybridized carbons (Fsp3) is 0.286. The van der Waals surface area contributed by atoms with Crippen LogP contribution in [-0.2, 0) is 28.6 Å². The van der Waals surface area contributed by atoms with Crippen LogP contribution in [0.15, 0.2) is 77.7 Å². The predicted molar refractivity (Wildman–Crippen MR) is 141 cm³/mol. The number of ether oxygens (including phenoxy) is 2. The lowest BCUT2D eigenvalue weighted by Crippen LogP contribution is -2.45. The molecule has 1 aliphatic carbocycles. The smallest absolute Gasteiger partial charge is 0.407 e. The molecule has 1 aliphatic rings. The van der Waals surface area contributed by atoms with Gasteiger partial charge < -0.3 is 20.1 Å². The summed E-state index contributed by atoms with van der Waals surface area (Å²) in [4.78, 5) is 24.7. The number of amides is 2. The summed E-state index contributed by atoms with van der Waals surface area (Å²) < 4.78 is 39.9. The van der Waals surface area contributed by atoms with Crippen LogP contribution in [0.4, 0.5) is 4.79 Å². The molecule has 0 saturated carbocycles. The Morgan fingerprint density at radius 2 is 1.50 bits per heavy atom. The van der Waals surface area contributed by atoms with Crippen molar-refractivity contribution in [2.75, 3.05) is 26.6 Å². The third-order valence-corrected chi connectivity index (χ3v) is 7.52. The maximum absolute atomic E-state index is 12.4. The van der Waals surface area contributed by atoms with Crippen molar-refractivity contribution >= 4 is 22.1 Å². The number of carbonyl (C=O) groups excluding carboxylic acids is 2. The summed E-state index contributed by atoms with van der Waals surface area (Å²) in [6, 6.07) is 21.5. The number of rotatable bonds is 11. The van der Waals surface area contributed by atoms with E-state index >= 15 is 0 Å². The van der Waals surface area contributed by atoms with Gasteiger partial charge in [-0.3, -0.25) is 8.98 Å². The fourth-order valence-corrected chi connectivity index (χ4v) is 5.10. The third kappa shape index (κ3) is 6.58. The number of carbonyl (C=O) groups is 2. The standard InChI is InChI=1S/C28H30N2O7S/c1-19-11-13-21(14-12-19)38(33,34)37-16-15-35-18-29-27(31)20(2)30-28(32)36-17-26-24-9-5-3-7-22(24)23-8-4-6-10-25(23)26/h3-14,20,26H,15-18H2,1-2H3,(H,29,31)(H,30,32)/t20-/m0/s1. The molecule has 0 aliphatic heterocycles. The fourth-order valence-electron chi connectivity index (χ4n) is 4.21. The van der Waals surface area contributed by atoms with E-state index in [4.69, 9.17) is 13.7 Å². The highest BCUT2D eigenvalue weighted by Crippen LogP contribution is 2.44. The molecule has 200 valence electrons. The molecule has 0 radical (unpaired) electrons. The lowest BCUT2D eigenvalue weighted by Gasteiger charge is -2.17. The largest absolute Gasteiger partial charge is 0.449 e. The molecule has 0 aromatic heterocycles. The minimum absolute atomic E-state index is 0.0560. The van der Waals surface area contributed by atoms with Crippen molar-refractivity contribution in [3.63, 3.8) is 0 Å². The minimum Gasteiger partial charge on any atom is -0.449 e. The predicted octanol–water partition coefficient (Wildman–Crippen LogP) is 3.72. The number of benzene rings is 3. The quantitative estimate of drug-likeness (QED) is 0.217. The first-order valence-corrected chi connectivity index (χ1v) is 13.6. The summed E-state index contributed by atoms with van der Waals surface area (Å²) >= 11 is 0. The average Bonchev–Trinajstić information content (AvgIpc) is 3.23. The van der Waals surface area contributed by atoms with Gasteiger partial charge >= 0.3 is 6.09 Å². The molecule has 3 aromatic rings. The second kappa shape index (κ2) is 12.2. The SMILES string of the molecule is Cc1ccc(S(=O)(=O)OCCOCNC(=O)[C@H](C)NC(=O)OCC2c3ccccc3-c3ccccc32)cc1. The van der Waals surface area contributed by atoms with Crippen molar-refractivity contribution in [1.29, 1.82) is 0 Å². The summed E-state index contributed by atoms with van der Waals surface area (Å²) in [7, 11) is -3.88. The maximum Gasteiger partial charge on any atom is 0.407 e. The third-order valence-electron chi connectivity index (χ3n) is 6.20. The molecule has 2 amide bonds. The van der Waals surface area contributed by atoms with Crippen molar-refractivity contribution in [3.05, 3.63) is 89.5 Å². The van der Waals surface area contributed by atoms with Crippen LogP contribution in [0.2, 0.25) is 0 Å². The van der Waals surface area contributed by atoms with Gasteiger partial charge in [-0.25, -0.2) is 4.79 Å². The van der Waals surface area contributed by atoms with Gasteiger partial charge in [0.25, 0.3) is 10.1 Å². The topological polar surface area (TPSA) is 120 Å². The molecule has 4 rings (SSSR count). The van der Waals surface area contributed by atoms with E-state index in [2.05, 4.69) is 22.8 Å². The molecule has 0 saturated heterocycles. The maximum atomic E-state index is 12.4. The molecule has 9 nitrogen and oxygen atoms in total. The Morgan fingerprint density at radius 3 is 2.13 bits per heavy atom. The Balaban J connectivity index is 1.15. The van der Waals surface area contributed by atoms with Gasteiger partial charge in [0.05, 0.1) is 18.1 Å². The highest BCUT2D eigenvalue weighted by Gasteiger charge is 2.29. The van der Waals surface area contributed by atoms with E-state index in [1.807, 2.05) is 43.3 Å². The molecule has 3 aromatic carbocycles. The van der Waals surface area contributed by atoms with Crippen molar-refractivity contribution in [1.82, 2.24) is 10.6 Å². The lowest BCUT2D eigenvalue weighted by atomic mass is 9.98. The monoisotopic (exact) mass is 538 g/mol. The Kier molecular flexibility index (Phi) is 8.77. The molecular formula is C28H30N2O7S. The first kappa shape index (κ1) is 27.3. The highest BCUT2D eigenvalue weighted by molar-refractivity contribution is 7.86. The Morgan fingerprint density at radius 1 is 0.895 bits per heavy atom. The van der Waals surface area contributed by atoms with E-state index in [9.17, 15) is 18.0 Å². The minimum atomic E-state index is -3.88. The molecule has 0 spiro atoms. The molecule has 2 N–H and O–H groups in total. The van der Waals surface area contributed by atoms with Crippen LogP contribution in [0, 0.1) is 6.92 Å². The first-order chi connectivity index (χ1) is 18.3. The van der Waals surface area contributed by atoms with Crippen LogP contribution in [0.3, 0.4) is 0 Å². The Hall–Kier alpha value is -3.73. The second-order valence-corrected chi connectivity index (χ2v) is 10.5. The van der Waals surface area contributed by atoms with Gasteiger partial charge in [-0.15, -0.1) is 0 Å². The number of aryl methyl sites for hydroxylation is 1. The van der Waals surface area contributed by atoms with Crippen LogP contribution >= 0.6 is 0 Å². The van der Waals surface area contributed by atoms with Gasteiger partial charge in [-0.2, -0.15) is 8.42 Å². The van der Waals surface area contributed by atoms with Gasteiger partial charge in [-0.05, 0) is 48.2 Å². The van der Waals surface area contributed by atoms with Crippen LogP contribution in [-0.4, -0.2) is 53.0 Å². The van der Waals surface area contributed by atoms with Crippen molar-refractivity contribution < 1.29 is 31.7 Å². The molecular weight excluding hydrogens is 508 g/mol. The molecule has 1 atom stereocenters. The highest BCUT2D eigenvalue weighted by atomic mass is 32.2. The molecule has 0 bridgehead atoms. The summed E-state index contributed by atoms with van der Waals surface area (Å²) in [5.41, 5.74) is 5.39. The zero-order chi connectivity index (χ0) is 27.1. The summed E-state index contributed by atoms with van der Waals surface area (Å²) in [6.07, 6.45) is -0.704. The number of fused-ring (bicyclic) bond motifs is 3. The second-order valence-electron chi connectivity index (χ2n) is 8.87. The number of hydrogen-bond donors (Lipinski definition) is 2. The van der Waals surface area contributed by atoms with Gasteiger partial charge in [0.1, 0.15) is 19.4 Å². The molecule has 10 heteroatoms. The van der Waals surface area contributed by atoms with Crippen LogP contribution in [0.5, 0.6) is 0 Å². The van der Waals surface area contributed by atoms with E-state index in [0.29, 0.717) is 0 Å². The molecule has 38 heavy (non-hydrogen) atoms. The van der Waals surface area contributed by atoms with Crippen molar-refractivity contribution in [2.45, 2.75) is 30.7 Å². The van der Waals surface area contributed by atoms with Gasteiger partial charge in [0.2, 0.25) is 5.91 Å². The Bertz CT molecular complexity index is 1340. The van der Waals surface area contributed by atoms with Crippen LogP contribution in [0.25, 0.3) is 11.1 Å². The van der Waals surface area contributed by atoms with Crippen LogP contribution in [0.1, 0.15) is 29.5 Å². The van der Waals surface area contributed by atoms with Gasteiger partial charge in [0.15, 0.2) is 0 Å². The summed E-state index contributed by atoms with van der Waals surface area (Å²) in [6.45, 7) is 3.08. The average molecular weight is 539 g/mol. The van der Waals surface area contributed by atoms with Crippen molar-refractivity contribution in [3.8, 4) is 11.1 Å². The van der Waals surface area contributed by atoms with E-state index in [-0.39, 0.29) is 37.4 Å². The number of hydrogen-bond acceptors (Lipinski definition) is 7. The number of nitrogens with one attached hydrogen (secondary N) is 2.